The molecule has 0 aromatic carbocycles. The predicted molar refractivity (Wildman–Crippen MR) is 121 cm³/mol. The van der Waals surface area contributed by atoms with Gasteiger partial charge in [-0.25, -0.2) is 0 Å². The fourth-order valence-electron chi connectivity index (χ4n) is 2.64. The molecule has 0 bridgehead atoms. The third-order valence-electron chi connectivity index (χ3n) is 3.59. The zero-order valence-electron chi connectivity index (χ0n) is 16.5. The summed E-state index contributed by atoms with van der Waals surface area (Å²) in [6.07, 6.45) is 0.806. The van der Waals surface area contributed by atoms with Crippen LogP contribution < -0.4 is 0 Å². The highest BCUT2D eigenvalue weighted by molar-refractivity contribution is 7.83. The molecule has 0 amide bonds. The molecule has 3 N–H and O–H groups in total. The van der Waals surface area contributed by atoms with Gasteiger partial charge in [0.25, 0.3) is 0 Å². The molecule has 16 heteroatoms. The average Bonchev–Trinajstić information content (AvgIpc) is 2.48. The first-order valence-corrected chi connectivity index (χ1v) is 27.7. The molecular formula is C10H31O7SSi8. The number of hydrogen-bond donors (Lipinski definition) is 4. The number of thiol groups is 1. The van der Waals surface area contributed by atoms with E-state index in [0.717, 1.165) is 6.42 Å². The van der Waals surface area contributed by atoms with Gasteiger partial charge in [0.2, 0.25) is 24.0 Å². The van der Waals surface area contributed by atoms with Crippen molar-refractivity contribution < 1.29 is 31.2 Å². The maximum absolute atomic E-state index is 11.2. The molecule has 26 heavy (non-hydrogen) atoms. The van der Waals surface area contributed by atoms with Crippen LogP contribution in [0.15, 0.2) is 0 Å². The van der Waals surface area contributed by atoms with E-state index in [-0.39, 0.29) is 0 Å². The quantitative estimate of drug-likeness (QED) is 0.200. The number of hydrogen-bond acceptors (Lipinski definition) is 8. The molecule has 0 heterocycles. The zero-order valence-corrected chi connectivity index (χ0v) is 25.4. The van der Waals surface area contributed by atoms with Gasteiger partial charge in [-0.2, -0.15) is 12.6 Å². The molecule has 7 radical (unpaired) electrons. The summed E-state index contributed by atoms with van der Waals surface area (Å²) in [5, 5.41) is 0. The molecule has 0 spiro atoms. The second-order valence-electron chi connectivity index (χ2n) is 7.64. The summed E-state index contributed by atoms with van der Waals surface area (Å²) in [6.45, 7) is 8.49. The van der Waals surface area contributed by atoms with Crippen molar-refractivity contribution in [3.05, 3.63) is 0 Å². The Balaban J connectivity index is 6.30. The van der Waals surface area contributed by atoms with E-state index in [4.69, 9.17) is 16.8 Å². The normalized spacial score (nSPS) is 20.3. The molecule has 0 aliphatic heterocycles. The highest BCUT2D eigenvalue weighted by Gasteiger charge is 2.70. The van der Waals surface area contributed by atoms with Gasteiger partial charge < -0.3 is 31.2 Å². The van der Waals surface area contributed by atoms with Crippen molar-refractivity contribution in [2.45, 2.75) is 51.7 Å². The molecule has 0 aromatic heterocycles. The molecule has 0 aromatic rings. The van der Waals surface area contributed by atoms with E-state index in [9.17, 15) is 14.4 Å². The minimum absolute atomic E-state index is 0.614. The van der Waals surface area contributed by atoms with E-state index in [1.807, 2.05) is 6.55 Å². The summed E-state index contributed by atoms with van der Waals surface area (Å²) >= 11 is 4.31. The average molecular weight is 520 g/mol. The van der Waals surface area contributed by atoms with Crippen molar-refractivity contribution in [3.8, 4) is 0 Å². The molecule has 0 fully saturated rings. The van der Waals surface area contributed by atoms with Crippen LogP contribution in [0.2, 0.25) is 45.3 Å². The second kappa shape index (κ2) is 10.7. The fraction of sp³-hybridized carbons (Fsp3) is 1.00. The van der Waals surface area contributed by atoms with Crippen molar-refractivity contribution in [1.82, 2.24) is 0 Å². The lowest BCUT2D eigenvalue weighted by atomic mass is 10.6. The van der Waals surface area contributed by atoms with Gasteiger partial charge in [0, 0.05) is 7.11 Å². The molecule has 0 saturated heterocycles. The van der Waals surface area contributed by atoms with E-state index in [2.05, 4.69) is 42.0 Å². The van der Waals surface area contributed by atoms with Crippen molar-refractivity contribution in [1.29, 1.82) is 0 Å². The number of rotatable bonds is 13. The summed E-state index contributed by atoms with van der Waals surface area (Å²) in [5.41, 5.74) is 0. The van der Waals surface area contributed by atoms with Crippen LogP contribution in [0.3, 0.4) is 0 Å². The maximum atomic E-state index is 11.2. The molecule has 3 atom stereocenters. The van der Waals surface area contributed by atoms with Gasteiger partial charge in [0.15, 0.2) is 8.32 Å². The summed E-state index contributed by atoms with van der Waals surface area (Å²) in [6, 6.07) is 0.687. The molecule has 0 saturated carbocycles. The lowest BCUT2D eigenvalue weighted by Gasteiger charge is -2.50. The van der Waals surface area contributed by atoms with Gasteiger partial charge in [-0.1, -0.05) is 0 Å². The van der Waals surface area contributed by atoms with Gasteiger partial charge in [-0.15, -0.1) is 0 Å². The Kier molecular flexibility index (Phi) is 11.5. The predicted octanol–water partition coefficient (Wildman–Crippen LogP) is -0.0488. The fourth-order valence-corrected chi connectivity index (χ4v) is 67.9. The summed E-state index contributed by atoms with van der Waals surface area (Å²) in [4.78, 5) is 30.9. The minimum Gasteiger partial charge on any atom is -0.437 e. The zero-order chi connectivity index (χ0) is 20.9. The highest BCUT2D eigenvalue weighted by atomic mass is 32.1. The monoisotopic (exact) mass is 519 g/mol. The Morgan fingerprint density at radius 2 is 1.58 bits per heavy atom. The van der Waals surface area contributed by atoms with Crippen molar-refractivity contribution in [2.75, 3.05) is 12.9 Å². The molecular weight excluding hydrogens is 489 g/mol. The summed E-state index contributed by atoms with van der Waals surface area (Å²) < 4.78 is 24.7. The Labute approximate surface area is 176 Å². The molecule has 0 aliphatic carbocycles. The van der Waals surface area contributed by atoms with Crippen molar-refractivity contribution >= 4 is 80.9 Å². The van der Waals surface area contributed by atoms with Crippen LogP contribution in [-0.2, 0) is 16.8 Å². The van der Waals surface area contributed by atoms with Crippen LogP contribution in [0, 0.1) is 0 Å². The van der Waals surface area contributed by atoms with E-state index >= 15 is 0 Å². The first-order valence-electron chi connectivity index (χ1n) is 8.18. The Hall–Kier alpha value is 1.81. The molecule has 3 unspecified atom stereocenters. The second-order valence-corrected chi connectivity index (χ2v) is 44.7. The van der Waals surface area contributed by atoms with Crippen molar-refractivity contribution in [3.63, 3.8) is 0 Å². The Morgan fingerprint density at radius 3 is 1.88 bits per heavy atom. The SMILES string of the molecule is CO[Si]([Si])([Si]O)[Si](O[Si]O)(O[Si](C)(CCCS)O[Si](C)(C)C)[Si](C)(C)O. The highest BCUT2D eigenvalue weighted by Crippen LogP contribution is 2.34. The van der Waals surface area contributed by atoms with Gasteiger partial charge in [0.05, 0.1) is 9.76 Å². The smallest absolute Gasteiger partial charge is 0.420 e. The van der Waals surface area contributed by atoms with Crippen LogP contribution in [-0.4, -0.2) is 95.5 Å². The van der Waals surface area contributed by atoms with Gasteiger partial charge in [0.1, 0.15) is 0 Å². The summed E-state index contributed by atoms with van der Waals surface area (Å²) in [7, 11) is -7.81. The Morgan fingerprint density at radius 1 is 1.04 bits per heavy atom. The maximum Gasteiger partial charge on any atom is 0.420 e. The third kappa shape index (κ3) is 7.25. The van der Waals surface area contributed by atoms with E-state index < -0.39 is 58.5 Å². The Bertz CT molecular complexity index is 433. The van der Waals surface area contributed by atoms with E-state index in [1.54, 1.807) is 13.1 Å². The lowest BCUT2D eigenvalue weighted by Crippen LogP contribution is -2.85. The molecule has 0 aliphatic rings. The van der Waals surface area contributed by atoms with Crippen LogP contribution in [0.1, 0.15) is 6.42 Å². The standard InChI is InChI=1S/C10H31O7SSi8/c1-14-26(19,21-12)25(15-20-11,23(5,6)13)17-24(7,10-8-9-18)16-22(2,3)4/h11-13,18H,8-10H2,1-7H3. The lowest BCUT2D eigenvalue weighted by molar-refractivity contribution is 0.313. The molecule has 151 valence electrons. The van der Waals surface area contributed by atoms with Gasteiger partial charge >= 0.3 is 26.2 Å². The van der Waals surface area contributed by atoms with Crippen LogP contribution in [0.25, 0.3) is 0 Å². The minimum atomic E-state index is -3.55. The van der Waals surface area contributed by atoms with E-state index in [0.29, 0.717) is 11.8 Å². The largest absolute Gasteiger partial charge is 0.437 e. The van der Waals surface area contributed by atoms with Crippen molar-refractivity contribution in [2.24, 2.45) is 0 Å². The van der Waals surface area contributed by atoms with Crippen LogP contribution >= 0.6 is 12.6 Å². The first-order chi connectivity index (χ1) is 11.7. The van der Waals surface area contributed by atoms with E-state index in [1.165, 1.54) is 7.11 Å². The van der Waals surface area contributed by atoms with Gasteiger partial charge in [-0.05, 0) is 57.5 Å². The summed E-state index contributed by atoms with van der Waals surface area (Å²) in [5.74, 6) is 0.695. The first kappa shape index (κ1) is 27.8. The van der Waals surface area contributed by atoms with Crippen LogP contribution in [0.5, 0.6) is 0 Å². The van der Waals surface area contributed by atoms with Gasteiger partial charge in [-0.3, -0.25) is 0 Å². The molecule has 7 nitrogen and oxygen atoms in total. The molecule has 0 rings (SSSR count). The third-order valence-corrected chi connectivity index (χ3v) is 52.4. The topological polar surface area (TPSA) is 97.6 Å². The van der Waals surface area contributed by atoms with Crippen LogP contribution in [0.4, 0.5) is 0 Å².